The molecule has 1 atom stereocenters. The number of nitrogens with zero attached hydrogens (tertiary/aromatic N) is 2. The van der Waals surface area contributed by atoms with E-state index in [9.17, 15) is 21.6 Å². The van der Waals surface area contributed by atoms with Crippen LogP contribution in [-0.2, 0) is 24.8 Å². The van der Waals surface area contributed by atoms with Gasteiger partial charge in [0.15, 0.2) is 0 Å². The fourth-order valence-corrected chi connectivity index (χ4v) is 6.35. The van der Waals surface area contributed by atoms with Crippen molar-refractivity contribution in [2.75, 3.05) is 20.9 Å². The van der Waals surface area contributed by atoms with Crippen molar-refractivity contribution in [1.82, 2.24) is 0 Å². The molecular weight excluding hydrogens is 388 g/mol. The average molecular weight is 409 g/mol. The van der Waals surface area contributed by atoms with E-state index in [-0.39, 0.29) is 22.9 Å². The number of sulfonamides is 2. The molecule has 0 radical (unpaired) electrons. The number of para-hydroxylation sites is 1. The number of anilines is 2. The molecule has 1 unspecified atom stereocenters. The second-order valence-corrected chi connectivity index (χ2v) is 10.0. The summed E-state index contributed by atoms with van der Waals surface area (Å²) in [6.07, 6.45) is 0. The van der Waals surface area contributed by atoms with Gasteiger partial charge in [-0.2, -0.15) is 0 Å². The minimum atomic E-state index is -3.82. The van der Waals surface area contributed by atoms with Crippen molar-refractivity contribution in [2.24, 2.45) is 5.92 Å². The van der Waals surface area contributed by atoms with Gasteiger partial charge >= 0.3 is 0 Å². The summed E-state index contributed by atoms with van der Waals surface area (Å²) in [6, 6.07) is 14.0. The van der Waals surface area contributed by atoms with E-state index in [2.05, 4.69) is 0 Å². The first kappa shape index (κ1) is 19.4. The maximum absolute atomic E-state index is 13.0. The summed E-state index contributed by atoms with van der Waals surface area (Å²) in [5.74, 6) is -1.37. The van der Waals surface area contributed by atoms with Gasteiger partial charge in [-0.05, 0) is 43.3 Å². The van der Waals surface area contributed by atoms with Gasteiger partial charge in [0.25, 0.3) is 10.0 Å². The number of hydrogen-bond acceptors (Lipinski definition) is 5. The van der Waals surface area contributed by atoms with Crippen LogP contribution in [0.3, 0.4) is 0 Å². The molecule has 1 saturated heterocycles. The summed E-state index contributed by atoms with van der Waals surface area (Å²) < 4.78 is 52.3. The number of carbonyl (C=O) groups excluding carboxylic acids is 1. The van der Waals surface area contributed by atoms with Crippen LogP contribution < -0.4 is 8.61 Å². The number of benzene rings is 2. The van der Waals surface area contributed by atoms with Crippen molar-refractivity contribution >= 4 is 37.3 Å². The Labute approximate surface area is 159 Å². The monoisotopic (exact) mass is 408 g/mol. The van der Waals surface area contributed by atoms with Crippen molar-refractivity contribution in [2.45, 2.75) is 18.7 Å². The van der Waals surface area contributed by atoms with Crippen molar-refractivity contribution < 1.29 is 21.6 Å². The van der Waals surface area contributed by atoms with Crippen LogP contribution in [0.5, 0.6) is 0 Å². The molecule has 1 aliphatic rings. The van der Waals surface area contributed by atoms with E-state index in [1.54, 1.807) is 44.2 Å². The van der Waals surface area contributed by atoms with Gasteiger partial charge in [-0.15, -0.1) is 0 Å². The molecular formula is C18H20N2O5S2. The lowest BCUT2D eigenvalue weighted by molar-refractivity contribution is -0.119. The Hall–Kier alpha value is -2.39. The van der Waals surface area contributed by atoms with Gasteiger partial charge in [0, 0.05) is 6.54 Å². The first-order valence-electron chi connectivity index (χ1n) is 8.43. The Kier molecular flexibility index (Phi) is 5.00. The second kappa shape index (κ2) is 6.97. The lowest BCUT2D eigenvalue weighted by atomic mass is 10.2. The molecule has 1 amide bonds. The molecule has 1 fully saturated rings. The molecule has 0 N–H and O–H groups in total. The Bertz CT molecular complexity index is 1050. The summed E-state index contributed by atoms with van der Waals surface area (Å²) in [4.78, 5) is 12.2. The second-order valence-electron chi connectivity index (χ2n) is 6.28. The molecule has 27 heavy (non-hydrogen) atoms. The Morgan fingerprint density at radius 3 is 2.15 bits per heavy atom. The molecule has 2 aromatic rings. The molecule has 0 spiro atoms. The van der Waals surface area contributed by atoms with Crippen LogP contribution in [0, 0.1) is 5.92 Å². The van der Waals surface area contributed by atoms with Gasteiger partial charge < -0.3 is 0 Å². The van der Waals surface area contributed by atoms with Crippen LogP contribution in [0.4, 0.5) is 11.4 Å². The minimum absolute atomic E-state index is 0.0223. The van der Waals surface area contributed by atoms with Gasteiger partial charge in [-0.1, -0.05) is 25.1 Å². The highest BCUT2D eigenvalue weighted by Crippen LogP contribution is 2.30. The van der Waals surface area contributed by atoms with Gasteiger partial charge in [-0.3, -0.25) is 9.10 Å². The highest BCUT2D eigenvalue weighted by Gasteiger charge is 2.42. The largest absolute Gasteiger partial charge is 0.273 e. The minimum Gasteiger partial charge on any atom is -0.273 e. The standard InChI is InChI=1S/C18H20N2O5S2/c1-3-19(15-7-5-4-6-8-15)27(24,25)17-11-9-16(10-12-17)20-18(21)14(2)13-26(20,22)23/h4-12,14H,3,13H2,1-2H3. The fourth-order valence-electron chi connectivity index (χ4n) is 3.05. The Balaban J connectivity index is 1.96. The summed E-state index contributed by atoms with van der Waals surface area (Å²) >= 11 is 0. The normalized spacial score (nSPS) is 19.3. The van der Waals surface area contributed by atoms with Gasteiger partial charge in [0.05, 0.1) is 27.9 Å². The summed E-state index contributed by atoms with van der Waals surface area (Å²) in [6.45, 7) is 3.53. The average Bonchev–Trinajstić information content (AvgIpc) is 2.83. The zero-order valence-electron chi connectivity index (χ0n) is 14.9. The smallest absolute Gasteiger partial charge is 0.264 e. The number of rotatable bonds is 5. The molecule has 0 aliphatic carbocycles. The lowest BCUT2D eigenvalue weighted by Crippen LogP contribution is -2.31. The van der Waals surface area contributed by atoms with Crippen molar-refractivity contribution in [3.63, 3.8) is 0 Å². The van der Waals surface area contributed by atoms with Crippen molar-refractivity contribution in [3.05, 3.63) is 54.6 Å². The maximum atomic E-state index is 13.0. The molecule has 1 heterocycles. The van der Waals surface area contributed by atoms with Crippen LogP contribution in [0.15, 0.2) is 59.5 Å². The summed E-state index contributed by atoms with van der Waals surface area (Å²) in [5.41, 5.74) is 0.682. The molecule has 0 saturated carbocycles. The van der Waals surface area contributed by atoms with E-state index in [0.29, 0.717) is 5.69 Å². The first-order valence-corrected chi connectivity index (χ1v) is 11.5. The number of carbonyl (C=O) groups is 1. The maximum Gasteiger partial charge on any atom is 0.264 e. The van der Waals surface area contributed by atoms with Crippen molar-refractivity contribution in [1.29, 1.82) is 0 Å². The van der Waals surface area contributed by atoms with Crippen LogP contribution >= 0.6 is 0 Å². The van der Waals surface area contributed by atoms with Gasteiger partial charge in [-0.25, -0.2) is 21.1 Å². The topological polar surface area (TPSA) is 91.8 Å². The zero-order chi connectivity index (χ0) is 19.8. The zero-order valence-corrected chi connectivity index (χ0v) is 16.6. The highest BCUT2D eigenvalue weighted by atomic mass is 32.2. The fraction of sp³-hybridized carbons (Fsp3) is 0.278. The third-order valence-corrected chi connectivity index (χ3v) is 8.14. The van der Waals surface area contributed by atoms with Crippen LogP contribution in [0.25, 0.3) is 0 Å². The molecule has 1 aliphatic heterocycles. The summed E-state index contributed by atoms with van der Waals surface area (Å²) in [7, 11) is -7.54. The lowest BCUT2D eigenvalue weighted by Gasteiger charge is -2.23. The Morgan fingerprint density at radius 2 is 1.67 bits per heavy atom. The van der Waals surface area contributed by atoms with E-state index >= 15 is 0 Å². The van der Waals surface area contributed by atoms with E-state index < -0.39 is 31.9 Å². The summed E-state index contributed by atoms with van der Waals surface area (Å²) in [5, 5.41) is 0. The van der Waals surface area contributed by atoms with E-state index in [4.69, 9.17) is 0 Å². The molecule has 0 aromatic heterocycles. The quantitative estimate of drug-likeness (QED) is 0.756. The number of hydrogen-bond donors (Lipinski definition) is 0. The van der Waals surface area contributed by atoms with E-state index in [1.807, 2.05) is 0 Å². The third-order valence-electron chi connectivity index (χ3n) is 4.35. The predicted octanol–water partition coefficient (Wildman–Crippen LogP) is 2.21. The van der Waals surface area contributed by atoms with Crippen LogP contribution in [0.2, 0.25) is 0 Å². The SMILES string of the molecule is CCN(c1ccccc1)S(=O)(=O)c1ccc(N2C(=O)C(C)CS2(=O)=O)cc1. The first-order chi connectivity index (χ1) is 12.7. The van der Waals surface area contributed by atoms with Crippen LogP contribution in [-0.4, -0.2) is 35.0 Å². The van der Waals surface area contributed by atoms with Gasteiger partial charge in [0.1, 0.15) is 0 Å². The molecule has 0 bridgehead atoms. The molecule has 144 valence electrons. The van der Waals surface area contributed by atoms with Crippen LogP contribution in [0.1, 0.15) is 13.8 Å². The molecule has 3 rings (SSSR count). The van der Waals surface area contributed by atoms with Gasteiger partial charge in [0.2, 0.25) is 15.9 Å². The Morgan fingerprint density at radius 1 is 1.07 bits per heavy atom. The highest BCUT2D eigenvalue weighted by molar-refractivity contribution is 7.94. The van der Waals surface area contributed by atoms with E-state index in [0.717, 1.165) is 4.31 Å². The third kappa shape index (κ3) is 3.44. The van der Waals surface area contributed by atoms with Crippen molar-refractivity contribution in [3.8, 4) is 0 Å². The molecule has 7 nitrogen and oxygen atoms in total. The van der Waals surface area contributed by atoms with E-state index in [1.165, 1.54) is 28.6 Å². The molecule has 9 heteroatoms. The molecule has 2 aromatic carbocycles. The predicted molar refractivity (Wildman–Crippen MR) is 104 cm³/mol. The number of amides is 1.